The van der Waals surface area contributed by atoms with Gasteiger partial charge in [0.05, 0.1) is 38.2 Å². The lowest BCUT2D eigenvalue weighted by atomic mass is 9.89. The maximum Gasteiger partial charge on any atom is 0.350 e. The van der Waals surface area contributed by atoms with Crippen LogP contribution in [0.4, 0.5) is 11.5 Å². The summed E-state index contributed by atoms with van der Waals surface area (Å²) in [6.07, 6.45) is 0.629. The molecule has 0 bridgehead atoms. The van der Waals surface area contributed by atoms with Gasteiger partial charge in [-0.3, -0.25) is 4.79 Å². The van der Waals surface area contributed by atoms with E-state index in [1.54, 1.807) is 24.3 Å². The second-order valence-corrected chi connectivity index (χ2v) is 10.0. The van der Waals surface area contributed by atoms with E-state index >= 15 is 0 Å². The molecule has 1 N–H and O–H groups in total. The van der Waals surface area contributed by atoms with Crippen LogP contribution in [0.2, 0.25) is 0 Å². The molecule has 5 rings (SSSR count). The fourth-order valence-corrected chi connectivity index (χ4v) is 5.56. The molecule has 0 spiro atoms. The maximum atomic E-state index is 13.1. The molecule has 4 heterocycles. The van der Waals surface area contributed by atoms with Crippen LogP contribution < -0.4 is 10.2 Å². The number of nitrogens with zero attached hydrogens (tertiary/aromatic N) is 2. The zero-order valence-corrected chi connectivity index (χ0v) is 20.3. The number of ether oxygens (including phenoxy) is 3. The normalized spacial score (nSPS) is 17.3. The number of carbonyl (C=O) groups is 2. The number of anilines is 2. The van der Waals surface area contributed by atoms with Gasteiger partial charge >= 0.3 is 5.97 Å². The Balaban J connectivity index is 1.71. The summed E-state index contributed by atoms with van der Waals surface area (Å²) in [5.74, 6) is 0.0713. The molecule has 178 valence electrons. The van der Waals surface area contributed by atoms with Crippen LogP contribution in [-0.2, 0) is 27.2 Å². The minimum Gasteiger partial charge on any atom is -0.465 e. The third kappa shape index (κ3) is 4.15. The van der Waals surface area contributed by atoms with Crippen LogP contribution in [0.25, 0.3) is 10.2 Å². The molecule has 0 saturated carbocycles. The van der Waals surface area contributed by atoms with Gasteiger partial charge in [-0.05, 0) is 31.5 Å². The fourth-order valence-electron chi connectivity index (χ4n) is 4.49. The van der Waals surface area contributed by atoms with Crippen molar-refractivity contribution >= 4 is 44.9 Å². The van der Waals surface area contributed by atoms with E-state index in [0.717, 1.165) is 35.4 Å². The van der Waals surface area contributed by atoms with Crippen LogP contribution in [-0.4, -0.2) is 55.9 Å². The molecule has 9 heteroatoms. The second kappa shape index (κ2) is 8.98. The van der Waals surface area contributed by atoms with Crippen LogP contribution in [0.1, 0.15) is 45.0 Å². The van der Waals surface area contributed by atoms with Crippen molar-refractivity contribution in [3.05, 3.63) is 51.9 Å². The maximum absolute atomic E-state index is 13.1. The average molecular weight is 482 g/mol. The van der Waals surface area contributed by atoms with Crippen molar-refractivity contribution in [2.75, 3.05) is 43.6 Å². The van der Waals surface area contributed by atoms with Crippen molar-refractivity contribution in [3.8, 4) is 0 Å². The van der Waals surface area contributed by atoms with Crippen molar-refractivity contribution in [1.29, 1.82) is 0 Å². The smallest absolute Gasteiger partial charge is 0.350 e. The number of morpholine rings is 1. The minimum absolute atomic E-state index is 0.289. The van der Waals surface area contributed by atoms with Gasteiger partial charge in [-0.15, -0.1) is 11.3 Å². The number of aromatic nitrogens is 1. The molecule has 0 unspecified atom stereocenters. The van der Waals surface area contributed by atoms with E-state index < -0.39 is 11.6 Å². The zero-order valence-electron chi connectivity index (χ0n) is 19.5. The van der Waals surface area contributed by atoms with Gasteiger partial charge in [0.25, 0.3) is 5.91 Å². The van der Waals surface area contributed by atoms with Crippen molar-refractivity contribution in [3.63, 3.8) is 0 Å². The number of hydrogen-bond donors (Lipinski definition) is 1. The standard InChI is InChI=1S/C25H27N3O5S/c1-25(2)13-16-17(14-33-25)21(28-9-11-32-12-10-28)27-23-18(16)19(20(34-23)24(30)31-3)26-22(29)15-7-5-4-6-8-15/h4-8H,9-14H2,1-3H3,(H,26,29). The Kier molecular flexibility index (Phi) is 6.01. The van der Waals surface area contributed by atoms with E-state index in [9.17, 15) is 9.59 Å². The first-order chi connectivity index (χ1) is 16.4. The summed E-state index contributed by atoms with van der Waals surface area (Å²) in [6.45, 7) is 7.25. The van der Waals surface area contributed by atoms with Gasteiger partial charge in [0.15, 0.2) is 0 Å². The number of nitrogens with one attached hydrogen (secondary N) is 1. The molecule has 0 aliphatic carbocycles. The lowest BCUT2D eigenvalue weighted by molar-refractivity contribution is -0.0396. The number of amides is 1. The molecule has 1 saturated heterocycles. The van der Waals surface area contributed by atoms with E-state index in [2.05, 4.69) is 10.2 Å². The molecule has 0 atom stereocenters. The highest BCUT2D eigenvalue weighted by Crippen LogP contribution is 2.45. The van der Waals surface area contributed by atoms with Crippen LogP contribution in [0, 0.1) is 0 Å². The highest BCUT2D eigenvalue weighted by Gasteiger charge is 2.35. The summed E-state index contributed by atoms with van der Waals surface area (Å²) in [5.41, 5.74) is 2.62. The monoisotopic (exact) mass is 481 g/mol. The Morgan fingerprint density at radius 1 is 1.15 bits per heavy atom. The molecule has 2 aliphatic rings. The number of methoxy groups -OCH3 is 1. The van der Waals surface area contributed by atoms with E-state index in [1.807, 2.05) is 19.9 Å². The summed E-state index contributed by atoms with van der Waals surface area (Å²) in [4.78, 5) is 34.1. The average Bonchev–Trinajstić information content (AvgIpc) is 3.21. The highest BCUT2D eigenvalue weighted by molar-refractivity contribution is 7.21. The van der Waals surface area contributed by atoms with Crippen LogP contribution in [0.15, 0.2) is 30.3 Å². The molecule has 2 aromatic heterocycles. The predicted molar refractivity (Wildman–Crippen MR) is 131 cm³/mol. The van der Waals surface area contributed by atoms with Gasteiger partial charge in [0.1, 0.15) is 15.5 Å². The zero-order chi connectivity index (χ0) is 23.9. The van der Waals surface area contributed by atoms with Gasteiger partial charge in [-0.1, -0.05) is 18.2 Å². The van der Waals surface area contributed by atoms with Gasteiger partial charge in [0, 0.05) is 36.0 Å². The summed E-state index contributed by atoms with van der Waals surface area (Å²) in [7, 11) is 1.34. The predicted octanol–water partition coefficient (Wildman–Crippen LogP) is 4.02. The summed E-state index contributed by atoms with van der Waals surface area (Å²) in [6, 6.07) is 8.94. The van der Waals surface area contributed by atoms with Gasteiger partial charge in [-0.2, -0.15) is 0 Å². The van der Waals surface area contributed by atoms with Crippen molar-refractivity contribution < 1.29 is 23.8 Å². The fraction of sp³-hybridized carbons (Fsp3) is 0.400. The third-order valence-electron chi connectivity index (χ3n) is 6.20. The third-order valence-corrected chi connectivity index (χ3v) is 7.26. The number of rotatable bonds is 4. The Morgan fingerprint density at radius 3 is 2.59 bits per heavy atom. The van der Waals surface area contributed by atoms with Gasteiger partial charge < -0.3 is 24.4 Å². The number of hydrogen-bond acceptors (Lipinski definition) is 8. The highest BCUT2D eigenvalue weighted by atomic mass is 32.1. The van der Waals surface area contributed by atoms with Crippen molar-refractivity contribution in [2.24, 2.45) is 0 Å². The van der Waals surface area contributed by atoms with Crippen LogP contribution in [0.5, 0.6) is 0 Å². The summed E-state index contributed by atoms with van der Waals surface area (Å²) < 4.78 is 16.8. The molecule has 2 aliphatic heterocycles. The number of pyridine rings is 1. The minimum atomic E-state index is -0.501. The van der Waals surface area contributed by atoms with Gasteiger partial charge in [-0.25, -0.2) is 9.78 Å². The first-order valence-corrected chi connectivity index (χ1v) is 12.1. The molecule has 1 amide bonds. The van der Waals surface area contributed by atoms with Crippen LogP contribution in [0.3, 0.4) is 0 Å². The number of fused-ring (bicyclic) bond motifs is 3. The van der Waals surface area contributed by atoms with E-state index in [0.29, 0.717) is 47.2 Å². The molecular formula is C25H27N3O5S. The molecule has 34 heavy (non-hydrogen) atoms. The quantitative estimate of drug-likeness (QED) is 0.563. The number of carbonyl (C=O) groups excluding carboxylic acids is 2. The van der Waals surface area contributed by atoms with Crippen molar-refractivity contribution in [2.45, 2.75) is 32.5 Å². The number of thiophene rings is 1. The number of benzene rings is 1. The lowest BCUT2D eigenvalue weighted by Crippen LogP contribution is -2.39. The Labute approximate surface area is 201 Å². The van der Waals surface area contributed by atoms with E-state index in [1.165, 1.54) is 18.4 Å². The first kappa shape index (κ1) is 22.8. The number of esters is 1. The SMILES string of the molecule is COC(=O)c1sc2nc(N3CCOCC3)c3c(c2c1NC(=O)c1ccccc1)CC(C)(C)OC3. The molecule has 1 aromatic carbocycles. The molecule has 0 radical (unpaired) electrons. The van der Waals surface area contributed by atoms with Crippen LogP contribution >= 0.6 is 11.3 Å². The molecule has 8 nitrogen and oxygen atoms in total. The second-order valence-electron chi connectivity index (χ2n) is 9.02. The van der Waals surface area contributed by atoms with Crippen molar-refractivity contribution in [1.82, 2.24) is 4.98 Å². The molecular weight excluding hydrogens is 454 g/mol. The lowest BCUT2D eigenvalue weighted by Gasteiger charge is -2.36. The Morgan fingerprint density at radius 2 is 1.88 bits per heavy atom. The Hall–Kier alpha value is -3.01. The first-order valence-electron chi connectivity index (χ1n) is 11.3. The van der Waals surface area contributed by atoms with E-state index in [4.69, 9.17) is 19.2 Å². The Bertz CT molecular complexity index is 1250. The molecule has 1 fully saturated rings. The summed E-state index contributed by atoms with van der Waals surface area (Å²) in [5, 5.41) is 3.79. The van der Waals surface area contributed by atoms with E-state index in [-0.39, 0.29) is 5.91 Å². The molecule has 3 aromatic rings. The summed E-state index contributed by atoms with van der Waals surface area (Å²) >= 11 is 1.25. The largest absolute Gasteiger partial charge is 0.465 e. The topological polar surface area (TPSA) is 90.0 Å². The van der Waals surface area contributed by atoms with Gasteiger partial charge in [0.2, 0.25) is 0 Å².